The molecular weight excluding hydrogens is 318 g/mol. The van der Waals surface area contributed by atoms with Crippen LogP contribution < -0.4 is 10.6 Å². The smallest absolute Gasteiger partial charge is 0.191 e. The van der Waals surface area contributed by atoms with Crippen molar-refractivity contribution >= 4 is 17.7 Å². The maximum atomic E-state index is 4.74. The van der Waals surface area contributed by atoms with E-state index in [2.05, 4.69) is 54.8 Å². The fourth-order valence-corrected chi connectivity index (χ4v) is 2.39. The van der Waals surface area contributed by atoms with Gasteiger partial charge in [0.2, 0.25) is 0 Å². The number of thioether (sulfide) groups is 1. The van der Waals surface area contributed by atoms with Gasteiger partial charge in [0.15, 0.2) is 5.96 Å². The summed E-state index contributed by atoms with van der Waals surface area (Å²) in [5.41, 5.74) is 2.27. The van der Waals surface area contributed by atoms with Crippen LogP contribution in [-0.2, 0) is 6.54 Å². The molecule has 0 bridgehead atoms. The Kier molecular flexibility index (Phi) is 6.73. The highest BCUT2D eigenvalue weighted by Gasteiger charge is 2.16. The number of nitrogens with one attached hydrogen (secondary N) is 2. The molecule has 0 aliphatic carbocycles. The number of hydrogen-bond donors (Lipinski definition) is 2. The average molecular weight is 346 g/mol. The largest absolute Gasteiger partial charge is 0.357 e. The third-order valence-corrected chi connectivity index (χ3v) is 5.01. The lowest BCUT2D eigenvalue weighted by Gasteiger charge is -2.23. The molecule has 0 atom stereocenters. The lowest BCUT2D eigenvalue weighted by atomic mass is 10.2. The van der Waals surface area contributed by atoms with Gasteiger partial charge < -0.3 is 15.2 Å². The maximum absolute atomic E-state index is 4.74. The predicted octanol–water partition coefficient (Wildman–Crippen LogP) is 3.07. The molecule has 0 saturated heterocycles. The minimum absolute atomic E-state index is 0.172. The molecule has 2 aromatic rings. The number of para-hydroxylation sites is 1. The summed E-state index contributed by atoms with van der Waals surface area (Å²) in [6, 6.07) is 8.27. The molecule has 0 aliphatic rings. The first-order valence-electron chi connectivity index (χ1n) is 8.19. The maximum Gasteiger partial charge on any atom is 0.191 e. The summed E-state index contributed by atoms with van der Waals surface area (Å²) >= 11 is 1.85. The average Bonchev–Trinajstić information content (AvgIpc) is 3.12. The summed E-state index contributed by atoms with van der Waals surface area (Å²) in [5, 5.41) is 6.75. The molecule has 130 valence electrons. The van der Waals surface area contributed by atoms with Crippen LogP contribution in [0.5, 0.6) is 0 Å². The standard InChI is InChI=1S/C18H27N5S/c1-5-20-17(22-13-18(2,3)24-4)21-12-15-8-6-7-9-16(15)23-11-10-19-14-23/h6-11,14H,5,12-13H2,1-4H3,(H2,20,21,22). The first-order chi connectivity index (χ1) is 11.6. The minimum Gasteiger partial charge on any atom is -0.357 e. The van der Waals surface area contributed by atoms with Crippen molar-refractivity contribution in [2.24, 2.45) is 4.99 Å². The van der Waals surface area contributed by atoms with Crippen molar-refractivity contribution in [3.8, 4) is 5.69 Å². The Bertz CT molecular complexity index is 649. The van der Waals surface area contributed by atoms with E-state index >= 15 is 0 Å². The molecule has 0 unspecified atom stereocenters. The topological polar surface area (TPSA) is 54.2 Å². The fourth-order valence-electron chi connectivity index (χ4n) is 2.17. The van der Waals surface area contributed by atoms with E-state index in [0.717, 1.165) is 30.3 Å². The van der Waals surface area contributed by atoms with Gasteiger partial charge in [-0.1, -0.05) is 18.2 Å². The van der Waals surface area contributed by atoms with E-state index < -0.39 is 0 Å². The van der Waals surface area contributed by atoms with Gasteiger partial charge in [-0.15, -0.1) is 0 Å². The summed E-state index contributed by atoms with van der Waals surface area (Å²) in [4.78, 5) is 8.87. The van der Waals surface area contributed by atoms with Crippen molar-refractivity contribution in [1.82, 2.24) is 20.2 Å². The number of benzene rings is 1. The van der Waals surface area contributed by atoms with E-state index in [4.69, 9.17) is 4.99 Å². The van der Waals surface area contributed by atoms with E-state index in [1.54, 1.807) is 6.20 Å². The second-order valence-corrected chi connectivity index (χ2v) is 7.62. The monoisotopic (exact) mass is 345 g/mol. The van der Waals surface area contributed by atoms with Crippen molar-refractivity contribution in [2.45, 2.75) is 32.1 Å². The third kappa shape index (κ3) is 5.30. The summed E-state index contributed by atoms with van der Waals surface area (Å²) in [6.07, 6.45) is 7.68. The molecule has 0 aliphatic heterocycles. The number of aliphatic imine (C=N–C) groups is 1. The van der Waals surface area contributed by atoms with Crippen LogP contribution in [0.3, 0.4) is 0 Å². The van der Waals surface area contributed by atoms with Crippen molar-refractivity contribution in [1.29, 1.82) is 0 Å². The summed E-state index contributed by atoms with van der Waals surface area (Å²) in [6.45, 7) is 8.85. The molecule has 2 rings (SSSR count). The summed E-state index contributed by atoms with van der Waals surface area (Å²) in [5.74, 6) is 0.847. The van der Waals surface area contributed by atoms with Crippen LogP contribution in [0, 0.1) is 0 Å². The summed E-state index contributed by atoms with van der Waals surface area (Å²) in [7, 11) is 0. The summed E-state index contributed by atoms with van der Waals surface area (Å²) < 4.78 is 2.19. The number of rotatable bonds is 7. The van der Waals surface area contributed by atoms with Gasteiger partial charge in [-0.3, -0.25) is 0 Å². The molecule has 0 amide bonds. The van der Waals surface area contributed by atoms with Gasteiger partial charge >= 0.3 is 0 Å². The minimum atomic E-state index is 0.172. The van der Waals surface area contributed by atoms with E-state index in [-0.39, 0.29) is 4.75 Å². The molecule has 1 aromatic heterocycles. The Hall–Kier alpha value is -1.95. The van der Waals surface area contributed by atoms with Gasteiger partial charge in [-0.25, -0.2) is 9.98 Å². The van der Waals surface area contributed by atoms with Gasteiger partial charge in [0, 0.05) is 30.2 Å². The van der Waals surface area contributed by atoms with Crippen LogP contribution in [0.2, 0.25) is 0 Å². The third-order valence-electron chi connectivity index (χ3n) is 3.76. The van der Waals surface area contributed by atoms with Crippen LogP contribution in [-0.4, -0.2) is 39.6 Å². The lowest BCUT2D eigenvalue weighted by molar-refractivity contribution is 0.665. The molecule has 0 fully saturated rings. The van der Waals surface area contributed by atoms with Gasteiger partial charge in [-0.05, 0) is 38.7 Å². The Labute approximate surface area is 149 Å². The highest BCUT2D eigenvalue weighted by atomic mass is 32.2. The van der Waals surface area contributed by atoms with E-state index in [0.29, 0.717) is 6.54 Å². The Morgan fingerprint density at radius 2 is 2.08 bits per heavy atom. The zero-order chi connectivity index (χ0) is 17.4. The Balaban J connectivity index is 2.12. The highest BCUT2D eigenvalue weighted by molar-refractivity contribution is 7.99. The van der Waals surface area contributed by atoms with Crippen LogP contribution in [0.15, 0.2) is 48.0 Å². The number of hydrogen-bond acceptors (Lipinski definition) is 3. The Morgan fingerprint density at radius 1 is 1.29 bits per heavy atom. The van der Waals surface area contributed by atoms with Crippen molar-refractivity contribution < 1.29 is 0 Å². The second kappa shape index (κ2) is 8.78. The molecule has 1 aromatic carbocycles. The van der Waals surface area contributed by atoms with Crippen molar-refractivity contribution in [3.63, 3.8) is 0 Å². The number of imidazole rings is 1. The van der Waals surface area contributed by atoms with Crippen molar-refractivity contribution in [3.05, 3.63) is 48.5 Å². The lowest BCUT2D eigenvalue weighted by Crippen LogP contribution is -2.43. The molecule has 6 heteroatoms. The Morgan fingerprint density at radius 3 is 2.75 bits per heavy atom. The zero-order valence-corrected chi connectivity index (χ0v) is 15.7. The number of guanidine groups is 1. The molecule has 1 heterocycles. The zero-order valence-electron chi connectivity index (χ0n) is 14.9. The molecule has 0 spiro atoms. The fraction of sp³-hybridized carbons (Fsp3) is 0.444. The SMILES string of the molecule is CCNC(=NCc1ccccc1-n1ccnc1)NCC(C)(C)SC. The number of nitrogens with zero attached hydrogens (tertiary/aromatic N) is 3. The van der Waals surface area contributed by atoms with E-state index in [9.17, 15) is 0 Å². The quantitative estimate of drug-likeness (QED) is 0.598. The van der Waals surface area contributed by atoms with Crippen LogP contribution >= 0.6 is 11.8 Å². The van der Waals surface area contributed by atoms with Crippen LogP contribution in [0.4, 0.5) is 0 Å². The molecule has 24 heavy (non-hydrogen) atoms. The van der Waals surface area contributed by atoms with Crippen LogP contribution in [0.1, 0.15) is 26.3 Å². The van der Waals surface area contributed by atoms with Gasteiger partial charge in [0.05, 0.1) is 18.6 Å². The molecule has 5 nitrogen and oxygen atoms in total. The first kappa shape index (κ1) is 18.4. The normalized spacial score (nSPS) is 12.2. The highest BCUT2D eigenvalue weighted by Crippen LogP contribution is 2.19. The second-order valence-electron chi connectivity index (χ2n) is 6.11. The van der Waals surface area contributed by atoms with E-state index in [1.165, 1.54) is 0 Å². The molecule has 0 saturated carbocycles. The molecule has 0 radical (unpaired) electrons. The van der Waals surface area contributed by atoms with Gasteiger partial charge in [0.1, 0.15) is 0 Å². The first-order valence-corrected chi connectivity index (χ1v) is 9.42. The van der Waals surface area contributed by atoms with Gasteiger partial charge in [0.25, 0.3) is 0 Å². The molecular formula is C18H27N5S. The van der Waals surface area contributed by atoms with E-state index in [1.807, 2.05) is 41.0 Å². The molecule has 2 N–H and O–H groups in total. The van der Waals surface area contributed by atoms with Gasteiger partial charge in [-0.2, -0.15) is 11.8 Å². The van der Waals surface area contributed by atoms with Crippen molar-refractivity contribution in [2.75, 3.05) is 19.3 Å². The van der Waals surface area contributed by atoms with Crippen LogP contribution in [0.25, 0.3) is 5.69 Å². The predicted molar refractivity (Wildman–Crippen MR) is 104 cm³/mol. The number of aromatic nitrogens is 2.